The number of hydrogen-bond acceptors (Lipinski definition) is 8. The Morgan fingerprint density at radius 2 is 1.62 bits per heavy atom. The number of amidine groups is 1. The number of amides is 1. The molecule has 1 spiro atoms. The molecule has 0 fully saturated rings. The number of hydrazone groups is 1. The number of carbonyl (C=O) groups is 3. The number of nitrogens with zero attached hydrogens (tertiary/aromatic N) is 4. The van der Waals surface area contributed by atoms with Gasteiger partial charge in [0.25, 0.3) is 5.91 Å². The summed E-state index contributed by atoms with van der Waals surface area (Å²) < 4.78 is 10.8. The van der Waals surface area contributed by atoms with Gasteiger partial charge in [0.15, 0.2) is 0 Å². The molecular weight excluding hydrogens is 510 g/mol. The Bertz CT molecular complexity index is 1440. The minimum Gasteiger partial charge on any atom is -0.463 e. The molecule has 0 aromatic heterocycles. The van der Waals surface area contributed by atoms with Crippen LogP contribution >= 0.6 is 0 Å². The predicted octanol–water partition coefficient (Wildman–Crippen LogP) is 4.37. The quantitative estimate of drug-likeness (QED) is 0.490. The van der Waals surface area contributed by atoms with Crippen LogP contribution in [0.4, 0.5) is 11.4 Å². The minimum absolute atomic E-state index is 0.0269. The smallest absolute Gasteiger partial charge is 0.355 e. The first-order chi connectivity index (χ1) is 19.3. The van der Waals surface area contributed by atoms with E-state index in [0.29, 0.717) is 11.4 Å². The van der Waals surface area contributed by atoms with Crippen LogP contribution in [0, 0.1) is 28.1 Å². The van der Waals surface area contributed by atoms with E-state index in [2.05, 4.69) is 18.1 Å². The summed E-state index contributed by atoms with van der Waals surface area (Å²) in [4.78, 5) is 43.0. The van der Waals surface area contributed by atoms with Gasteiger partial charge in [0.05, 0.1) is 36.3 Å². The van der Waals surface area contributed by atoms with Crippen LogP contribution in [-0.4, -0.2) is 42.6 Å². The van der Waals surface area contributed by atoms with Crippen molar-refractivity contribution >= 4 is 40.8 Å². The van der Waals surface area contributed by atoms with E-state index in [1.807, 2.05) is 12.1 Å². The summed E-state index contributed by atoms with van der Waals surface area (Å²) in [6.45, 7) is 6.69. The van der Waals surface area contributed by atoms with E-state index in [-0.39, 0.29) is 36.0 Å². The molecule has 2 atom stereocenters. The highest BCUT2D eigenvalue weighted by atomic mass is 16.5. The summed E-state index contributed by atoms with van der Waals surface area (Å²) in [5.74, 6) is -4.51. The summed E-state index contributed by atoms with van der Waals surface area (Å²) >= 11 is 0. The van der Waals surface area contributed by atoms with Crippen molar-refractivity contribution in [2.75, 3.05) is 23.1 Å². The molecule has 4 rings (SSSR count). The second-order valence-corrected chi connectivity index (χ2v) is 9.31. The molecule has 0 saturated carbocycles. The van der Waals surface area contributed by atoms with Gasteiger partial charge < -0.3 is 9.47 Å². The number of nitriles is 1. The fraction of sp³-hybridized carbons (Fsp3) is 0.333. The summed E-state index contributed by atoms with van der Waals surface area (Å²) in [7, 11) is 0. The van der Waals surface area contributed by atoms with E-state index in [1.165, 1.54) is 11.8 Å². The first-order valence-corrected chi connectivity index (χ1v) is 13.2. The van der Waals surface area contributed by atoms with E-state index in [4.69, 9.17) is 9.47 Å². The molecule has 2 unspecified atom stereocenters. The highest BCUT2D eigenvalue weighted by Crippen LogP contribution is 2.51. The van der Waals surface area contributed by atoms with Crippen LogP contribution in [0.2, 0.25) is 0 Å². The molecule has 2 aliphatic rings. The normalized spacial score (nSPS) is 20.5. The second kappa shape index (κ2) is 11.5. The van der Waals surface area contributed by atoms with E-state index in [9.17, 15) is 25.1 Å². The van der Waals surface area contributed by atoms with Gasteiger partial charge in [0.2, 0.25) is 0 Å². The molecule has 0 saturated heterocycles. The summed E-state index contributed by atoms with van der Waals surface area (Å²) in [6.07, 6.45) is 1.76. The first kappa shape index (κ1) is 28.2. The lowest BCUT2D eigenvalue weighted by molar-refractivity contribution is -0.144. The standard InChI is InChI=1S/C30H31N5O5/c1-5-11-20-14-16-21(17-15-20)34-25(28(37)40-7-3)24(27(36)39-6-2)30(23(18-31)26(34)32)19(4)33-35(29(30)38)22-12-9-8-10-13-22/h8-10,12-17,23,32H,5-7,11H2,1-4H3. The lowest BCUT2D eigenvalue weighted by Gasteiger charge is -2.43. The molecule has 10 nitrogen and oxygen atoms in total. The topological polar surface area (TPSA) is 136 Å². The molecule has 1 amide bonds. The van der Waals surface area contributed by atoms with Crippen molar-refractivity contribution in [3.63, 3.8) is 0 Å². The maximum Gasteiger partial charge on any atom is 0.355 e. The van der Waals surface area contributed by atoms with Crippen molar-refractivity contribution in [3.8, 4) is 6.07 Å². The molecule has 0 bridgehead atoms. The third kappa shape index (κ3) is 4.43. The van der Waals surface area contributed by atoms with Crippen LogP contribution in [0.1, 0.15) is 39.7 Å². The maximum absolute atomic E-state index is 14.4. The number of para-hydroxylation sites is 1. The molecular formula is C30H31N5O5. The Morgan fingerprint density at radius 1 is 1.00 bits per heavy atom. The third-order valence-corrected chi connectivity index (χ3v) is 6.96. The van der Waals surface area contributed by atoms with E-state index in [1.54, 1.807) is 56.3 Å². The largest absolute Gasteiger partial charge is 0.463 e. The van der Waals surface area contributed by atoms with E-state index in [0.717, 1.165) is 23.4 Å². The van der Waals surface area contributed by atoms with Crippen LogP contribution in [0.15, 0.2) is 71.0 Å². The van der Waals surface area contributed by atoms with Gasteiger partial charge in [-0.05, 0) is 57.0 Å². The summed E-state index contributed by atoms with van der Waals surface area (Å²) in [6, 6.07) is 17.8. The fourth-order valence-electron chi connectivity index (χ4n) is 5.24. The van der Waals surface area contributed by atoms with Crippen molar-refractivity contribution in [2.45, 2.75) is 40.5 Å². The number of esters is 2. The van der Waals surface area contributed by atoms with E-state index < -0.39 is 29.2 Å². The number of aryl methyl sites for hydroxylation is 1. The lowest BCUT2D eigenvalue weighted by atomic mass is 9.63. The van der Waals surface area contributed by atoms with Crippen molar-refractivity contribution in [1.82, 2.24) is 0 Å². The highest BCUT2D eigenvalue weighted by Gasteiger charge is 2.66. The maximum atomic E-state index is 14.4. The minimum atomic E-state index is -2.09. The Kier molecular flexibility index (Phi) is 8.14. The molecule has 2 heterocycles. The van der Waals surface area contributed by atoms with Crippen LogP contribution < -0.4 is 9.91 Å². The average Bonchev–Trinajstić information content (AvgIpc) is 3.20. The average molecular weight is 542 g/mol. The van der Waals surface area contributed by atoms with Gasteiger partial charge in [0.1, 0.15) is 22.9 Å². The van der Waals surface area contributed by atoms with Crippen LogP contribution in [-0.2, 0) is 30.3 Å². The zero-order valence-electron chi connectivity index (χ0n) is 22.9. The van der Waals surface area contributed by atoms with Crippen molar-refractivity contribution < 1.29 is 23.9 Å². The number of hydrogen-bond donors (Lipinski definition) is 1. The SMILES string of the molecule is CCCc1ccc(N2C(=N)C(C#N)C3(C(=O)N(c4ccccc4)N=C3C)C(C(=O)OCC)=C2C(=O)OCC)cc1. The van der Waals surface area contributed by atoms with Crippen LogP contribution in [0.5, 0.6) is 0 Å². The number of benzene rings is 2. The Balaban J connectivity index is 2.06. The number of rotatable bonds is 8. The fourth-order valence-corrected chi connectivity index (χ4v) is 5.24. The Labute approximate surface area is 233 Å². The van der Waals surface area contributed by atoms with Gasteiger partial charge in [-0.15, -0.1) is 0 Å². The molecule has 206 valence electrons. The van der Waals surface area contributed by atoms with Crippen molar-refractivity contribution in [2.24, 2.45) is 16.4 Å². The molecule has 10 heteroatoms. The lowest BCUT2D eigenvalue weighted by Crippen LogP contribution is -2.59. The monoisotopic (exact) mass is 541 g/mol. The number of ether oxygens (including phenoxy) is 2. The number of carbonyl (C=O) groups excluding carboxylic acids is 3. The molecule has 0 radical (unpaired) electrons. The second-order valence-electron chi connectivity index (χ2n) is 9.31. The van der Waals surface area contributed by atoms with Crippen LogP contribution in [0.3, 0.4) is 0 Å². The zero-order valence-corrected chi connectivity index (χ0v) is 22.9. The number of nitrogens with one attached hydrogen (secondary N) is 1. The Morgan fingerprint density at radius 3 is 2.20 bits per heavy atom. The van der Waals surface area contributed by atoms with Gasteiger partial charge in [-0.2, -0.15) is 15.4 Å². The Hall–Kier alpha value is -4.78. The molecule has 0 aliphatic carbocycles. The molecule has 2 aromatic carbocycles. The number of anilines is 2. The highest BCUT2D eigenvalue weighted by molar-refractivity contribution is 6.31. The molecule has 2 aliphatic heterocycles. The zero-order chi connectivity index (χ0) is 29.0. The summed E-state index contributed by atoms with van der Waals surface area (Å²) in [5, 5.41) is 25.2. The third-order valence-electron chi connectivity index (χ3n) is 6.96. The first-order valence-electron chi connectivity index (χ1n) is 13.2. The van der Waals surface area contributed by atoms with Crippen LogP contribution in [0.25, 0.3) is 0 Å². The van der Waals surface area contributed by atoms with Gasteiger partial charge in [-0.3, -0.25) is 15.1 Å². The van der Waals surface area contributed by atoms with Gasteiger partial charge in [-0.1, -0.05) is 43.7 Å². The predicted molar refractivity (Wildman–Crippen MR) is 150 cm³/mol. The summed E-state index contributed by atoms with van der Waals surface area (Å²) in [5.41, 5.74) is -0.917. The van der Waals surface area contributed by atoms with Gasteiger partial charge >= 0.3 is 11.9 Å². The van der Waals surface area contributed by atoms with Crippen molar-refractivity contribution in [1.29, 1.82) is 10.7 Å². The molecule has 40 heavy (non-hydrogen) atoms. The van der Waals surface area contributed by atoms with E-state index >= 15 is 0 Å². The molecule has 1 N–H and O–H groups in total. The van der Waals surface area contributed by atoms with Gasteiger partial charge in [-0.25, -0.2) is 9.59 Å². The van der Waals surface area contributed by atoms with Crippen molar-refractivity contribution in [3.05, 3.63) is 71.4 Å². The van der Waals surface area contributed by atoms with Gasteiger partial charge in [0, 0.05) is 5.69 Å². The molecule has 2 aromatic rings.